The number of methoxy groups -OCH3 is 2. The van der Waals surface area contributed by atoms with E-state index >= 15 is 0 Å². The molecule has 1 aromatic carbocycles. The molecule has 0 saturated heterocycles. The van der Waals surface area contributed by atoms with E-state index in [1.807, 2.05) is 0 Å². The van der Waals surface area contributed by atoms with Crippen LogP contribution in [0.25, 0.3) is 0 Å². The zero-order valence-corrected chi connectivity index (χ0v) is 14.2. The Hall–Kier alpha value is -2.17. The molecule has 142 valence electrons. The zero-order valence-electron chi connectivity index (χ0n) is 14.2. The molecule has 1 rings (SSSR count). The second kappa shape index (κ2) is 10.6. The lowest BCUT2D eigenvalue weighted by atomic mass is 10.0. The number of nitrogens with zero attached hydrogens (tertiary/aromatic N) is 1. The number of benzene rings is 1. The number of rotatable bonds is 12. The van der Waals surface area contributed by atoms with Crippen molar-refractivity contribution in [3.8, 4) is 17.2 Å². The fourth-order valence-electron chi connectivity index (χ4n) is 1.89. The van der Waals surface area contributed by atoms with Crippen molar-refractivity contribution in [2.75, 3.05) is 41.1 Å². The monoisotopic (exact) mass is 362 g/mol. The SMILES string of the molecule is COCOc1cc(C([O-])C(C)[N+](=O)[O-])cc(OCOC)c1OCCF. The molecule has 9 nitrogen and oxygen atoms in total. The first-order chi connectivity index (χ1) is 12.0. The summed E-state index contributed by atoms with van der Waals surface area (Å²) in [5.41, 5.74) is 0.0639. The van der Waals surface area contributed by atoms with Crippen molar-refractivity contribution in [2.24, 2.45) is 0 Å². The van der Waals surface area contributed by atoms with Gasteiger partial charge in [0.25, 0.3) is 0 Å². The summed E-state index contributed by atoms with van der Waals surface area (Å²) < 4.78 is 38.0. The van der Waals surface area contributed by atoms with Crippen molar-refractivity contribution >= 4 is 0 Å². The molecule has 0 fully saturated rings. The molecule has 0 heterocycles. The van der Waals surface area contributed by atoms with Crippen LogP contribution in [0.5, 0.6) is 17.2 Å². The average Bonchev–Trinajstić information content (AvgIpc) is 2.61. The van der Waals surface area contributed by atoms with Gasteiger partial charge in [-0.05, 0) is 23.8 Å². The molecule has 1 aromatic rings. The lowest BCUT2D eigenvalue weighted by Gasteiger charge is -2.26. The number of halogens is 1. The first-order valence-electron chi connectivity index (χ1n) is 7.35. The fourth-order valence-corrected chi connectivity index (χ4v) is 1.89. The molecule has 0 aliphatic rings. The Morgan fingerprint density at radius 2 is 1.64 bits per heavy atom. The molecular weight excluding hydrogens is 341 g/mol. The van der Waals surface area contributed by atoms with Gasteiger partial charge in [0.2, 0.25) is 11.8 Å². The second-order valence-electron chi connectivity index (χ2n) is 4.93. The van der Waals surface area contributed by atoms with Gasteiger partial charge in [-0.2, -0.15) is 0 Å². The molecule has 10 heteroatoms. The maximum absolute atomic E-state index is 12.5. The summed E-state index contributed by atoms with van der Waals surface area (Å²) in [6.45, 7) is -0.159. The third-order valence-corrected chi connectivity index (χ3v) is 3.13. The number of hydrogen-bond donors (Lipinski definition) is 0. The van der Waals surface area contributed by atoms with E-state index in [1.165, 1.54) is 33.3 Å². The fraction of sp³-hybridized carbons (Fsp3) is 0.600. The van der Waals surface area contributed by atoms with Crippen LogP contribution in [0.4, 0.5) is 4.39 Å². The van der Waals surface area contributed by atoms with Crippen LogP contribution < -0.4 is 19.3 Å². The molecule has 0 amide bonds. The van der Waals surface area contributed by atoms with Gasteiger partial charge in [0.1, 0.15) is 13.3 Å². The van der Waals surface area contributed by atoms with Gasteiger partial charge in [0, 0.05) is 26.1 Å². The molecule has 0 N–H and O–H groups in total. The summed E-state index contributed by atoms with van der Waals surface area (Å²) in [6.07, 6.45) is -1.67. The number of hydrogen-bond acceptors (Lipinski definition) is 8. The van der Waals surface area contributed by atoms with E-state index in [9.17, 15) is 19.6 Å². The Balaban J connectivity index is 3.30. The normalized spacial score (nSPS) is 13.2. The smallest absolute Gasteiger partial charge is 0.203 e. The van der Waals surface area contributed by atoms with Crippen molar-refractivity contribution in [3.63, 3.8) is 0 Å². The number of alkyl halides is 1. The van der Waals surface area contributed by atoms with E-state index in [2.05, 4.69) is 0 Å². The van der Waals surface area contributed by atoms with Gasteiger partial charge in [-0.15, -0.1) is 0 Å². The van der Waals surface area contributed by atoms with Crippen LogP contribution in [0.1, 0.15) is 18.6 Å². The Morgan fingerprint density at radius 3 is 2.04 bits per heavy atom. The van der Waals surface area contributed by atoms with E-state index < -0.39 is 23.7 Å². The molecular formula is C15H21FNO8-. The van der Waals surface area contributed by atoms with Crippen LogP contribution in [-0.2, 0) is 9.47 Å². The van der Waals surface area contributed by atoms with E-state index in [0.717, 1.165) is 0 Å². The quantitative estimate of drug-likeness (QED) is 0.308. The highest BCUT2D eigenvalue weighted by atomic mass is 19.1. The molecule has 0 aliphatic heterocycles. The van der Waals surface area contributed by atoms with Crippen LogP contribution in [0.3, 0.4) is 0 Å². The van der Waals surface area contributed by atoms with Gasteiger partial charge in [-0.25, -0.2) is 4.39 Å². The summed E-state index contributed by atoms with van der Waals surface area (Å²) in [5.74, 6) is 0.155. The van der Waals surface area contributed by atoms with Crippen LogP contribution in [0.2, 0.25) is 0 Å². The average molecular weight is 362 g/mol. The molecule has 0 radical (unpaired) electrons. The maximum Gasteiger partial charge on any atom is 0.203 e. The number of ether oxygens (including phenoxy) is 5. The van der Waals surface area contributed by atoms with Crippen molar-refractivity contribution in [2.45, 2.75) is 19.1 Å². The molecule has 0 bridgehead atoms. The minimum absolute atomic E-state index is 0.0512. The van der Waals surface area contributed by atoms with Crippen molar-refractivity contribution in [1.82, 2.24) is 0 Å². The van der Waals surface area contributed by atoms with E-state index in [4.69, 9.17) is 23.7 Å². The summed E-state index contributed by atoms with van der Waals surface area (Å²) >= 11 is 0. The molecule has 0 saturated carbocycles. The van der Waals surface area contributed by atoms with Gasteiger partial charge in [-0.3, -0.25) is 10.1 Å². The van der Waals surface area contributed by atoms with Gasteiger partial charge < -0.3 is 28.8 Å². The molecule has 0 spiro atoms. The van der Waals surface area contributed by atoms with Gasteiger partial charge in [0.15, 0.2) is 25.1 Å². The summed E-state index contributed by atoms with van der Waals surface area (Å²) in [6, 6.07) is 1.22. The predicted molar refractivity (Wildman–Crippen MR) is 82.1 cm³/mol. The third kappa shape index (κ3) is 6.00. The van der Waals surface area contributed by atoms with E-state index in [0.29, 0.717) is 0 Å². The highest BCUT2D eigenvalue weighted by Crippen LogP contribution is 2.40. The Kier molecular flexibility index (Phi) is 8.89. The lowest BCUT2D eigenvalue weighted by molar-refractivity contribution is -0.584. The minimum Gasteiger partial charge on any atom is -0.844 e. The van der Waals surface area contributed by atoms with Crippen LogP contribution >= 0.6 is 0 Å². The van der Waals surface area contributed by atoms with Crippen LogP contribution in [-0.4, -0.2) is 52.1 Å². The highest BCUT2D eigenvalue weighted by molar-refractivity contribution is 5.54. The molecule has 0 aliphatic carbocycles. The Morgan fingerprint density at radius 1 is 1.12 bits per heavy atom. The van der Waals surface area contributed by atoms with Crippen LogP contribution in [0.15, 0.2) is 12.1 Å². The maximum atomic E-state index is 12.5. The van der Waals surface area contributed by atoms with Gasteiger partial charge >= 0.3 is 0 Å². The van der Waals surface area contributed by atoms with Crippen molar-refractivity contribution in [1.29, 1.82) is 0 Å². The standard InChI is InChI=1S/C15H21FNO8/c1-10(17(19)20)14(18)11-6-12(24-8-21-2)15(23-5-4-16)13(7-11)25-9-22-3/h6-7,10,14H,4-5,8-9H2,1-3H3/q-1. The molecule has 2 unspecified atom stereocenters. The highest BCUT2D eigenvalue weighted by Gasteiger charge is 2.23. The van der Waals surface area contributed by atoms with Crippen LogP contribution in [0, 0.1) is 10.1 Å². The van der Waals surface area contributed by atoms with Crippen molar-refractivity contribution < 1.29 is 38.1 Å². The summed E-state index contributed by atoms with van der Waals surface area (Å²) in [7, 11) is 2.78. The lowest BCUT2D eigenvalue weighted by Crippen LogP contribution is -2.33. The second-order valence-corrected chi connectivity index (χ2v) is 4.93. The van der Waals surface area contributed by atoms with E-state index in [-0.39, 0.29) is 43.0 Å². The third-order valence-electron chi connectivity index (χ3n) is 3.13. The molecule has 25 heavy (non-hydrogen) atoms. The Bertz CT molecular complexity index is 527. The summed E-state index contributed by atoms with van der Waals surface area (Å²) in [4.78, 5) is 10.2. The molecule has 0 aromatic heterocycles. The predicted octanol–water partition coefficient (Wildman–Crippen LogP) is 1.07. The Labute approximate surface area is 144 Å². The van der Waals surface area contributed by atoms with Crippen molar-refractivity contribution in [3.05, 3.63) is 27.8 Å². The zero-order chi connectivity index (χ0) is 18.8. The largest absolute Gasteiger partial charge is 0.844 e. The van der Waals surface area contributed by atoms with E-state index in [1.54, 1.807) is 0 Å². The first kappa shape index (κ1) is 20.9. The van der Waals surface area contributed by atoms with Gasteiger partial charge in [-0.1, -0.05) is 0 Å². The minimum atomic E-state index is -1.67. The summed E-state index contributed by atoms with van der Waals surface area (Å²) in [5, 5.41) is 23.2. The number of nitro groups is 1. The molecule has 2 atom stereocenters. The first-order valence-corrected chi connectivity index (χ1v) is 7.35. The van der Waals surface area contributed by atoms with Gasteiger partial charge in [0.05, 0.1) is 0 Å². The topological polar surface area (TPSA) is 112 Å².